The fraction of sp³-hybridized carbons (Fsp3) is 0.211. The highest BCUT2D eigenvalue weighted by Gasteiger charge is 2.30. The maximum absolute atomic E-state index is 12.5. The predicted molar refractivity (Wildman–Crippen MR) is 96.6 cm³/mol. The van der Waals surface area contributed by atoms with Gasteiger partial charge < -0.3 is 14.3 Å². The molecule has 0 bridgehead atoms. The van der Waals surface area contributed by atoms with Crippen molar-refractivity contribution in [2.75, 3.05) is 6.61 Å². The zero-order chi connectivity index (χ0) is 18.7. The quantitative estimate of drug-likeness (QED) is 0.406. The van der Waals surface area contributed by atoms with E-state index in [1.165, 1.54) is 11.3 Å². The lowest BCUT2D eigenvalue weighted by atomic mass is 9.91. The molecule has 6 nitrogen and oxygen atoms in total. The van der Waals surface area contributed by atoms with Crippen LogP contribution in [0.25, 0.3) is 11.0 Å². The van der Waals surface area contributed by atoms with Gasteiger partial charge in [-0.05, 0) is 30.5 Å². The van der Waals surface area contributed by atoms with Crippen molar-refractivity contribution in [3.63, 3.8) is 0 Å². The van der Waals surface area contributed by atoms with Gasteiger partial charge in [0.2, 0.25) is 5.78 Å². The number of esters is 1. The molecule has 1 N–H and O–H groups in total. The van der Waals surface area contributed by atoms with Crippen molar-refractivity contribution in [2.24, 2.45) is 0 Å². The third-order valence-electron chi connectivity index (χ3n) is 3.95. The Morgan fingerprint density at radius 1 is 1.23 bits per heavy atom. The zero-order valence-electron chi connectivity index (χ0n) is 13.9. The number of para-hydroxylation sites is 1. The molecule has 0 fully saturated rings. The van der Waals surface area contributed by atoms with E-state index in [4.69, 9.17) is 9.15 Å². The van der Waals surface area contributed by atoms with Crippen molar-refractivity contribution in [3.05, 3.63) is 62.6 Å². The van der Waals surface area contributed by atoms with Gasteiger partial charge in [-0.3, -0.25) is 4.79 Å². The minimum absolute atomic E-state index is 0.0381. The number of hydrogen-bond donors (Lipinski definition) is 1. The van der Waals surface area contributed by atoms with Gasteiger partial charge in [-0.25, -0.2) is 9.59 Å². The summed E-state index contributed by atoms with van der Waals surface area (Å²) < 4.78 is 10.0. The molecule has 0 unspecified atom stereocenters. The Labute approximate surface area is 152 Å². The molecular weight excluding hydrogens is 356 g/mol. The van der Waals surface area contributed by atoms with E-state index in [2.05, 4.69) is 0 Å². The number of thiophene rings is 1. The molecule has 0 aliphatic rings. The average molecular weight is 372 g/mol. The van der Waals surface area contributed by atoms with E-state index >= 15 is 0 Å². The molecule has 0 aliphatic heterocycles. The highest BCUT2D eigenvalue weighted by atomic mass is 32.1. The van der Waals surface area contributed by atoms with Gasteiger partial charge in [-0.1, -0.05) is 18.2 Å². The number of hydrogen-bond acceptors (Lipinski definition) is 7. The van der Waals surface area contributed by atoms with E-state index in [0.29, 0.717) is 10.3 Å². The molecule has 2 heterocycles. The van der Waals surface area contributed by atoms with Gasteiger partial charge in [0, 0.05) is 17.2 Å². The second-order valence-electron chi connectivity index (χ2n) is 5.56. The first-order chi connectivity index (χ1) is 12.5. The fourth-order valence-electron chi connectivity index (χ4n) is 2.77. The van der Waals surface area contributed by atoms with Crippen LogP contribution in [0.1, 0.15) is 29.7 Å². The molecule has 26 heavy (non-hydrogen) atoms. The lowest BCUT2D eigenvalue weighted by Gasteiger charge is -2.16. The molecule has 3 aromatic rings. The molecular formula is C19H16O6S. The number of Topliss-reactive ketones (excluding diaryl/α,β-unsaturated/α-hetero) is 1. The number of carbonyl (C=O) groups is 2. The summed E-state index contributed by atoms with van der Waals surface area (Å²) in [6.45, 7) is 1.68. The minimum atomic E-state index is -0.960. The summed E-state index contributed by atoms with van der Waals surface area (Å²) in [5, 5.41) is 12.8. The molecule has 0 spiro atoms. The molecule has 0 saturated carbocycles. The van der Waals surface area contributed by atoms with Gasteiger partial charge in [0.05, 0.1) is 17.6 Å². The van der Waals surface area contributed by atoms with E-state index in [1.807, 2.05) is 0 Å². The van der Waals surface area contributed by atoms with Crippen molar-refractivity contribution in [1.29, 1.82) is 0 Å². The van der Waals surface area contributed by atoms with Crippen LogP contribution in [0.2, 0.25) is 0 Å². The molecule has 1 atom stereocenters. The second kappa shape index (κ2) is 7.53. The summed E-state index contributed by atoms with van der Waals surface area (Å²) in [5.74, 6) is -2.77. The Hall–Kier alpha value is -2.93. The van der Waals surface area contributed by atoms with Crippen LogP contribution >= 0.6 is 11.3 Å². The number of fused-ring (bicyclic) bond motifs is 1. The first-order valence-electron chi connectivity index (χ1n) is 8.01. The Bertz CT molecular complexity index is 1000. The molecule has 0 saturated heterocycles. The molecule has 134 valence electrons. The molecule has 7 heteroatoms. The first-order valence-corrected chi connectivity index (χ1v) is 8.89. The largest absolute Gasteiger partial charge is 0.507 e. The van der Waals surface area contributed by atoms with Gasteiger partial charge in [-0.15, -0.1) is 11.3 Å². The molecule has 0 amide bonds. The number of ketones is 1. The monoisotopic (exact) mass is 372 g/mol. The van der Waals surface area contributed by atoms with Crippen molar-refractivity contribution in [3.8, 4) is 5.75 Å². The van der Waals surface area contributed by atoms with Crippen molar-refractivity contribution in [2.45, 2.75) is 19.3 Å². The Morgan fingerprint density at radius 2 is 2.00 bits per heavy atom. The first kappa shape index (κ1) is 17.9. The minimum Gasteiger partial charge on any atom is -0.507 e. The Kier molecular flexibility index (Phi) is 5.18. The summed E-state index contributed by atoms with van der Waals surface area (Å²) in [4.78, 5) is 37.1. The Balaban J connectivity index is 2.11. The standard InChI is InChI=1S/C19H16O6S/c1-2-24-18(22)13(20)10-12(15-8-5-9-26-15)16-17(21)11-6-3-4-7-14(11)25-19(16)23/h3-9,12,21H,2,10H2,1H3/t12-/m0/s1. The maximum atomic E-state index is 12.5. The van der Waals surface area contributed by atoms with Gasteiger partial charge >= 0.3 is 11.6 Å². The van der Waals surface area contributed by atoms with Crippen molar-refractivity contribution < 1.29 is 23.8 Å². The van der Waals surface area contributed by atoms with Crippen LogP contribution in [0.4, 0.5) is 0 Å². The fourth-order valence-corrected chi connectivity index (χ4v) is 3.61. The summed E-state index contributed by atoms with van der Waals surface area (Å²) in [6, 6.07) is 10.1. The van der Waals surface area contributed by atoms with Crippen LogP contribution in [-0.4, -0.2) is 23.5 Å². The van der Waals surface area contributed by atoms with Crippen LogP contribution in [0.15, 0.2) is 51.0 Å². The molecule has 3 rings (SSSR count). The molecule has 1 aromatic carbocycles. The van der Waals surface area contributed by atoms with Gasteiger partial charge in [0.25, 0.3) is 0 Å². The van der Waals surface area contributed by atoms with Crippen molar-refractivity contribution >= 4 is 34.1 Å². The highest BCUT2D eigenvalue weighted by Crippen LogP contribution is 2.37. The van der Waals surface area contributed by atoms with E-state index in [0.717, 1.165) is 0 Å². The van der Waals surface area contributed by atoms with Crippen molar-refractivity contribution in [1.82, 2.24) is 0 Å². The topological polar surface area (TPSA) is 93.8 Å². The molecule has 0 aliphatic carbocycles. The number of carbonyl (C=O) groups excluding carboxylic acids is 2. The molecule has 0 radical (unpaired) electrons. The van der Waals surface area contributed by atoms with E-state index < -0.39 is 23.3 Å². The van der Waals surface area contributed by atoms with Gasteiger partial charge in [-0.2, -0.15) is 0 Å². The number of rotatable bonds is 6. The van der Waals surface area contributed by atoms with Gasteiger partial charge in [0.1, 0.15) is 11.3 Å². The maximum Gasteiger partial charge on any atom is 0.374 e. The van der Waals surface area contributed by atoms with E-state index in [-0.39, 0.29) is 29.9 Å². The van der Waals surface area contributed by atoms with E-state index in [1.54, 1.807) is 48.7 Å². The normalized spacial score (nSPS) is 12.0. The number of aromatic hydroxyl groups is 1. The van der Waals surface area contributed by atoms with Crippen LogP contribution < -0.4 is 5.63 Å². The third-order valence-corrected chi connectivity index (χ3v) is 4.93. The highest BCUT2D eigenvalue weighted by molar-refractivity contribution is 7.10. The summed E-state index contributed by atoms with van der Waals surface area (Å²) in [5.41, 5.74) is -0.527. The number of ether oxygens (including phenoxy) is 1. The summed E-state index contributed by atoms with van der Waals surface area (Å²) in [7, 11) is 0. The average Bonchev–Trinajstić information content (AvgIpc) is 3.15. The zero-order valence-corrected chi connectivity index (χ0v) is 14.7. The summed E-state index contributed by atoms with van der Waals surface area (Å²) in [6.07, 6.45) is -0.296. The van der Waals surface area contributed by atoms with E-state index in [9.17, 15) is 19.5 Å². The SMILES string of the molecule is CCOC(=O)C(=O)C[C@@H](c1cccs1)c1c(O)c2ccccc2oc1=O. The van der Waals surface area contributed by atoms with Gasteiger partial charge in [0.15, 0.2) is 0 Å². The van der Waals surface area contributed by atoms with Crippen LogP contribution in [-0.2, 0) is 14.3 Å². The lowest BCUT2D eigenvalue weighted by molar-refractivity contribution is -0.153. The lowest BCUT2D eigenvalue weighted by Crippen LogP contribution is -2.22. The predicted octanol–water partition coefficient (Wildman–Crippen LogP) is 3.21. The molecule has 2 aromatic heterocycles. The van der Waals surface area contributed by atoms with Crippen LogP contribution in [0.3, 0.4) is 0 Å². The third kappa shape index (κ3) is 3.39. The van der Waals surface area contributed by atoms with Crippen LogP contribution in [0.5, 0.6) is 5.75 Å². The summed E-state index contributed by atoms with van der Waals surface area (Å²) >= 11 is 1.32. The second-order valence-corrected chi connectivity index (χ2v) is 6.54. The van der Waals surface area contributed by atoms with Crippen LogP contribution in [0, 0.1) is 0 Å². The number of benzene rings is 1. The smallest absolute Gasteiger partial charge is 0.374 e. The Morgan fingerprint density at radius 3 is 2.69 bits per heavy atom.